The maximum atomic E-state index is 5.68. The molecule has 0 spiro atoms. The molecule has 3 rings (SSSR count). The lowest BCUT2D eigenvalue weighted by molar-refractivity contribution is 0.349. The quantitative estimate of drug-likeness (QED) is 0.757. The Labute approximate surface area is 129 Å². The molecule has 0 fully saturated rings. The number of hydrogen-bond donors (Lipinski definition) is 1. The standard InChI is InChI=1S/C16H19N5O/c1-12(13(2)21-10-6-9-18-21)17-11-15-19-20-16(22-15)14-7-4-3-5-8-14/h3-10,12-13,17H,11H2,1-2H3/t12-,13-/m0/s1. The van der Waals surface area contributed by atoms with Gasteiger partial charge in [0.05, 0.1) is 12.6 Å². The molecule has 2 heterocycles. The van der Waals surface area contributed by atoms with Crippen LogP contribution in [0.15, 0.2) is 53.2 Å². The van der Waals surface area contributed by atoms with Crippen molar-refractivity contribution < 1.29 is 4.42 Å². The summed E-state index contributed by atoms with van der Waals surface area (Å²) in [4.78, 5) is 0. The molecule has 2 atom stereocenters. The Bertz CT molecular complexity index is 692. The third-order valence-electron chi connectivity index (χ3n) is 3.73. The van der Waals surface area contributed by atoms with E-state index >= 15 is 0 Å². The van der Waals surface area contributed by atoms with Gasteiger partial charge in [-0.15, -0.1) is 10.2 Å². The van der Waals surface area contributed by atoms with Crippen molar-refractivity contribution in [2.45, 2.75) is 32.5 Å². The molecule has 0 saturated heterocycles. The van der Waals surface area contributed by atoms with Crippen LogP contribution in [0, 0.1) is 0 Å². The van der Waals surface area contributed by atoms with Crippen LogP contribution in [0.3, 0.4) is 0 Å². The van der Waals surface area contributed by atoms with Crippen molar-refractivity contribution in [3.05, 3.63) is 54.7 Å². The van der Waals surface area contributed by atoms with Gasteiger partial charge in [-0.3, -0.25) is 4.68 Å². The Balaban J connectivity index is 1.59. The van der Waals surface area contributed by atoms with Gasteiger partial charge in [0.1, 0.15) is 0 Å². The highest BCUT2D eigenvalue weighted by molar-refractivity contribution is 5.51. The second-order valence-corrected chi connectivity index (χ2v) is 5.26. The molecular weight excluding hydrogens is 278 g/mol. The van der Waals surface area contributed by atoms with Crippen LogP contribution in [-0.2, 0) is 6.54 Å². The van der Waals surface area contributed by atoms with Crippen LogP contribution in [0.4, 0.5) is 0 Å². The van der Waals surface area contributed by atoms with E-state index in [2.05, 4.69) is 34.5 Å². The SMILES string of the molecule is C[C@H](NCc1nnc(-c2ccccc2)o1)[C@H](C)n1cccn1. The largest absolute Gasteiger partial charge is 0.419 e. The highest BCUT2D eigenvalue weighted by Gasteiger charge is 2.15. The van der Waals surface area contributed by atoms with Crippen molar-refractivity contribution in [3.8, 4) is 11.5 Å². The van der Waals surface area contributed by atoms with Crippen LogP contribution in [0.25, 0.3) is 11.5 Å². The van der Waals surface area contributed by atoms with Crippen LogP contribution in [0.5, 0.6) is 0 Å². The fourth-order valence-electron chi connectivity index (χ4n) is 2.19. The number of benzene rings is 1. The number of aromatic nitrogens is 4. The summed E-state index contributed by atoms with van der Waals surface area (Å²) in [5, 5.41) is 15.8. The van der Waals surface area contributed by atoms with Crippen molar-refractivity contribution in [1.29, 1.82) is 0 Å². The monoisotopic (exact) mass is 297 g/mol. The molecule has 0 saturated carbocycles. The van der Waals surface area contributed by atoms with E-state index in [1.807, 2.05) is 47.3 Å². The summed E-state index contributed by atoms with van der Waals surface area (Å²) in [7, 11) is 0. The summed E-state index contributed by atoms with van der Waals surface area (Å²) < 4.78 is 7.61. The van der Waals surface area contributed by atoms with Gasteiger partial charge in [-0.2, -0.15) is 5.10 Å². The Morgan fingerprint density at radius 3 is 2.68 bits per heavy atom. The molecule has 114 valence electrons. The first-order valence-corrected chi connectivity index (χ1v) is 7.34. The Morgan fingerprint density at radius 1 is 1.14 bits per heavy atom. The number of hydrogen-bond acceptors (Lipinski definition) is 5. The molecule has 2 aromatic heterocycles. The van der Waals surface area contributed by atoms with E-state index in [4.69, 9.17) is 4.42 Å². The average molecular weight is 297 g/mol. The molecule has 0 amide bonds. The lowest BCUT2D eigenvalue weighted by atomic mass is 10.2. The summed E-state index contributed by atoms with van der Waals surface area (Å²) >= 11 is 0. The van der Waals surface area contributed by atoms with E-state index in [0.29, 0.717) is 18.3 Å². The number of rotatable bonds is 6. The molecule has 0 aliphatic carbocycles. The van der Waals surface area contributed by atoms with Gasteiger partial charge in [0.2, 0.25) is 11.8 Å². The normalized spacial score (nSPS) is 13.9. The molecule has 3 aromatic rings. The van der Waals surface area contributed by atoms with E-state index in [1.54, 1.807) is 6.20 Å². The van der Waals surface area contributed by atoms with Gasteiger partial charge < -0.3 is 9.73 Å². The van der Waals surface area contributed by atoms with Crippen LogP contribution < -0.4 is 5.32 Å². The van der Waals surface area contributed by atoms with Gasteiger partial charge in [0, 0.05) is 24.0 Å². The predicted molar refractivity (Wildman–Crippen MR) is 83.0 cm³/mol. The smallest absolute Gasteiger partial charge is 0.247 e. The highest BCUT2D eigenvalue weighted by Crippen LogP contribution is 2.17. The molecule has 6 heteroatoms. The Kier molecular flexibility index (Phi) is 4.29. The van der Waals surface area contributed by atoms with Crippen molar-refractivity contribution in [1.82, 2.24) is 25.3 Å². The maximum absolute atomic E-state index is 5.68. The minimum atomic E-state index is 0.229. The van der Waals surface area contributed by atoms with Crippen molar-refractivity contribution >= 4 is 0 Å². The van der Waals surface area contributed by atoms with Crippen LogP contribution in [0.2, 0.25) is 0 Å². The fourth-order valence-corrected chi connectivity index (χ4v) is 2.19. The van der Waals surface area contributed by atoms with Crippen molar-refractivity contribution in [3.63, 3.8) is 0 Å². The minimum Gasteiger partial charge on any atom is -0.419 e. The third kappa shape index (κ3) is 3.23. The van der Waals surface area contributed by atoms with Crippen LogP contribution in [0.1, 0.15) is 25.8 Å². The molecule has 0 radical (unpaired) electrons. The van der Waals surface area contributed by atoms with E-state index in [0.717, 1.165) is 5.56 Å². The van der Waals surface area contributed by atoms with Crippen molar-refractivity contribution in [2.75, 3.05) is 0 Å². The zero-order chi connectivity index (χ0) is 15.4. The van der Waals surface area contributed by atoms with Gasteiger partial charge in [-0.1, -0.05) is 18.2 Å². The van der Waals surface area contributed by atoms with E-state index in [1.165, 1.54) is 0 Å². The van der Waals surface area contributed by atoms with Crippen LogP contribution in [-0.4, -0.2) is 26.0 Å². The van der Waals surface area contributed by atoms with Gasteiger partial charge in [0.15, 0.2) is 0 Å². The summed E-state index contributed by atoms with van der Waals surface area (Å²) in [6, 6.07) is 12.2. The van der Waals surface area contributed by atoms with Gasteiger partial charge in [-0.25, -0.2) is 0 Å². The molecule has 0 bridgehead atoms. The van der Waals surface area contributed by atoms with Gasteiger partial charge in [-0.05, 0) is 32.0 Å². The summed E-state index contributed by atoms with van der Waals surface area (Å²) in [6.45, 7) is 4.77. The number of nitrogens with zero attached hydrogens (tertiary/aromatic N) is 4. The van der Waals surface area contributed by atoms with E-state index in [-0.39, 0.29) is 12.1 Å². The summed E-state index contributed by atoms with van der Waals surface area (Å²) in [5.41, 5.74) is 0.930. The zero-order valence-electron chi connectivity index (χ0n) is 12.7. The molecule has 0 unspecified atom stereocenters. The van der Waals surface area contributed by atoms with E-state index in [9.17, 15) is 0 Å². The zero-order valence-corrected chi connectivity index (χ0v) is 12.7. The van der Waals surface area contributed by atoms with E-state index < -0.39 is 0 Å². The third-order valence-corrected chi connectivity index (χ3v) is 3.73. The van der Waals surface area contributed by atoms with Gasteiger partial charge >= 0.3 is 0 Å². The van der Waals surface area contributed by atoms with Gasteiger partial charge in [0.25, 0.3) is 0 Å². The molecule has 1 N–H and O–H groups in total. The Hall–Kier alpha value is -2.47. The van der Waals surface area contributed by atoms with Crippen LogP contribution >= 0.6 is 0 Å². The first-order chi connectivity index (χ1) is 10.7. The molecule has 0 aliphatic rings. The second-order valence-electron chi connectivity index (χ2n) is 5.26. The summed E-state index contributed by atoms with van der Waals surface area (Å²) in [5.74, 6) is 1.13. The lowest BCUT2D eigenvalue weighted by Crippen LogP contribution is -2.33. The van der Waals surface area contributed by atoms with Crippen molar-refractivity contribution in [2.24, 2.45) is 0 Å². The molecular formula is C16H19N5O. The molecule has 22 heavy (non-hydrogen) atoms. The topological polar surface area (TPSA) is 68.8 Å². The first kappa shape index (κ1) is 14.5. The Morgan fingerprint density at radius 2 is 1.95 bits per heavy atom. The molecule has 1 aromatic carbocycles. The molecule has 0 aliphatic heterocycles. The maximum Gasteiger partial charge on any atom is 0.247 e. The fraction of sp³-hybridized carbons (Fsp3) is 0.312. The molecule has 6 nitrogen and oxygen atoms in total. The predicted octanol–water partition coefficient (Wildman–Crippen LogP) is 2.67. The highest BCUT2D eigenvalue weighted by atomic mass is 16.4. The average Bonchev–Trinajstić information content (AvgIpc) is 3.24. The lowest BCUT2D eigenvalue weighted by Gasteiger charge is -2.20. The minimum absolute atomic E-state index is 0.229. The second kappa shape index (κ2) is 6.53. The first-order valence-electron chi connectivity index (χ1n) is 7.34. The summed E-state index contributed by atoms with van der Waals surface area (Å²) in [6.07, 6.45) is 3.75. The number of nitrogens with one attached hydrogen (secondary N) is 1.